The molecule has 0 radical (unpaired) electrons. The molecule has 0 atom stereocenters. The summed E-state index contributed by atoms with van der Waals surface area (Å²) in [6, 6.07) is 11.2. The Bertz CT molecular complexity index is 686. The zero-order valence-corrected chi connectivity index (χ0v) is 11.1. The molecule has 0 saturated heterocycles. The van der Waals surface area contributed by atoms with Gasteiger partial charge in [0.05, 0.1) is 17.9 Å². The van der Waals surface area contributed by atoms with Crippen LogP contribution in [0.3, 0.4) is 0 Å². The molecule has 0 aromatic heterocycles. The second kappa shape index (κ2) is 5.37. The zero-order chi connectivity index (χ0) is 13.9. The van der Waals surface area contributed by atoms with E-state index in [9.17, 15) is 4.79 Å². The number of allylic oxidation sites excluding steroid dienone is 2. The molecule has 2 aromatic rings. The summed E-state index contributed by atoms with van der Waals surface area (Å²) in [7, 11) is 0. The molecule has 0 unspecified atom stereocenters. The maximum absolute atomic E-state index is 11.0. The third kappa shape index (κ3) is 2.52. The molecule has 20 heavy (non-hydrogen) atoms. The van der Waals surface area contributed by atoms with Crippen molar-refractivity contribution in [2.24, 2.45) is 0 Å². The van der Waals surface area contributed by atoms with Crippen LogP contribution in [0.2, 0.25) is 0 Å². The summed E-state index contributed by atoms with van der Waals surface area (Å²) in [5, 5.41) is 11.1. The monoisotopic (exact) mass is 268 g/mol. The van der Waals surface area contributed by atoms with E-state index < -0.39 is 5.97 Å². The van der Waals surface area contributed by atoms with Crippen molar-refractivity contribution in [2.75, 3.05) is 6.61 Å². The highest BCUT2D eigenvalue weighted by Crippen LogP contribution is 2.24. The van der Waals surface area contributed by atoms with E-state index in [2.05, 4.69) is 12.1 Å². The van der Waals surface area contributed by atoms with Gasteiger partial charge in [0.15, 0.2) is 0 Å². The quantitative estimate of drug-likeness (QED) is 0.921. The lowest BCUT2D eigenvalue weighted by Crippen LogP contribution is -2.04. The Morgan fingerprint density at radius 1 is 1.25 bits per heavy atom. The number of rotatable bonds is 3. The van der Waals surface area contributed by atoms with Crippen LogP contribution >= 0.6 is 0 Å². The van der Waals surface area contributed by atoms with Gasteiger partial charge in [0, 0.05) is 6.42 Å². The van der Waals surface area contributed by atoms with Crippen molar-refractivity contribution in [1.29, 1.82) is 0 Å². The number of carboxylic acids is 1. The molecule has 0 fully saturated rings. The lowest BCUT2D eigenvalue weighted by Gasteiger charge is -2.16. The van der Waals surface area contributed by atoms with Crippen LogP contribution < -0.4 is 0 Å². The van der Waals surface area contributed by atoms with E-state index in [4.69, 9.17) is 9.84 Å². The standard InChI is InChI=1S/C17H16O3/c18-17(19)14-7-8-16-12(10-14)4-3-5-13(16)11-15-6-1-2-9-20-15/h3-8,10H,1-2,9,11H2,(H,18,19). The maximum atomic E-state index is 11.0. The van der Waals surface area contributed by atoms with Crippen molar-refractivity contribution >= 4 is 16.7 Å². The van der Waals surface area contributed by atoms with Gasteiger partial charge >= 0.3 is 5.97 Å². The smallest absolute Gasteiger partial charge is 0.335 e. The minimum Gasteiger partial charge on any atom is -0.498 e. The van der Waals surface area contributed by atoms with E-state index in [-0.39, 0.29) is 0 Å². The Morgan fingerprint density at radius 3 is 2.90 bits per heavy atom. The van der Waals surface area contributed by atoms with Crippen LogP contribution in [0.1, 0.15) is 28.8 Å². The summed E-state index contributed by atoms with van der Waals surface area (Å²) < 4.78 is 5.66. The molecule has 0 spiro atoms. The number of ether oxygens (including phenoxy) is 1. The molecule has 2 aromatic carbocycles. The molecule has 0 aliphatic carbocycles. The van der Waals surface area contributed by atoms with Crippen LogP contribution in [0.15, 0.2) is 48.2 Å². The number of aromatic carboxylic acids is 1. The minimum absolute atomic E-state index is 0.322. The Hall–Kier alpha value is -2.29. The summed E-state index contributed by atoms with van der Waals surface area (Å²) >= 11 is 0. The first-order valence-corrected chi connectivity index (χ1v) is 6.81. The van der Waals surface area contributed by atoms with Crippen molar-refractivity contribution in [1.82, 2.24) is 0 Å². The van der Waals surface area contributed by atoms with E-state index in [1.807, 2.05) is 18.2 Å². The van der Waals surface area contributed by atoms with E-state index in [1.165, 1.54) is 5.56 Å². The molecular weight excluding hydrogens is 252 g/mol. The van der Waals surface area contributed by atoms with Gasteiger partial charge in [0.25, 0.3) is 0 Å². The lowest BCUT2D eigenvalue weighted by atomic mass is 9.99. The topological polar surface area (TPSA) is 46.5 Å². The fourth-order valence-electron chi connectivity index (χ4n) is 2.56. The first-order chi connectivity index (χ1) is 9.74. The predicted molar refractivity (Wildman–Crippen MR) is 77.9 cm³/mol. The average Bonchev–Trinajstić information content (AvgIpc) is 2.48. The molecule has 3 rings (SSSR count). The molecule has 0 amide bonds. The number of fused-ring (bicyclic) bond motifs is 1. The highest BCUT2D eigenvalue weighted by atomic mass is 16.5. The highest BCUT2D eigenvalue weighted by molar-refractivity contribution is 5.95. The van der Waals surface area contributed by atoms with Gasteiger partial charge in [0.1, 0.15) is 0 Å². The molecule has 0 saturated carbocycles. The SMILES string of the molecule is O=C(O)c1ccc2c(CC3=CCCCO3)cccc2c1. The van der Waals surface area contributed by atoms with Crippen LogP contribution in [0.5, 0.6) is 0 Å². The van der Waals surface area contributed by atoms with Crippen LogP contribution in [0.4, 0.5) is 0 Å². The summed E-state index contributed by atoms with van der Waals surface area (Å²) in [6.45, 7) is 0.791. The van der Waals surface area contributed by atoms with E-state index >= 15 is 0 Å². The molecule has 1 aliphatic rings. The second-order valence-electron chi connectivity index (χ2n) is 5.00. The fraction of sp³-hybridized carbons (Fsp3) is 0.235. The molecular formula is C17H16O3. The Labute approximate surface area is 117 Å². The molecule has 3 nitrogen and oxygen atoms in total. The van der Waals surface area contributed by atoms with Crippen LogP contribution in [-0.4, -0.2) is 17.7 Å². The zero-order valence-electron chi connectivity index (χ0n) is 11.1. The molecule has 3 heteroatoms. The summed E-state index contributed by atoms with van der Waals surface area (Å²) in [4.78, 5) is 11.0. The van der Waals surface area contributed by atoms with Gasteiger partial charge in [-0.05, 0) is 47.4 Å². The second-order valence-corrected chi connectivity index (χ2v) is 5.00. The molecule has 1 N–H and O–H groups in total. The predicted octanol–water partition coefficient (Wildman–Crippen LogP) is 3.77. The van der Waals surface area contributed by atoms with Crippen molar-refractivity contribution in [2.45, 2.75) is 19.3 Å². The van der Waals surface area contributed by atoms with Crippen molar-refractivity contribution in [3.63, 3.8) is 0 Å². The fourth-order valence-corrected chi connectivity index (χ4v) is 2.56. The van der Waals surface area contributed by atoms with Crippen LogP contribution in [-0.2, 0) is 11.2 Å². The number of benzene rings is 2. The van der Waals surface area contributed by atoms with E-state index in [0.29, 0.717) is 5.56 Å². The van der Waals surface area contributed by atoms with Crippen molar-refractivity contribution in [3.8, 4) is 0 Å². The first-order valence-electron chi connectivity index (χ1n) is 6.81. The molecule has 102 valence electrons. The summed E-state index contributed by atoms with van der Waals surface area (Å²) in [5.74, 6) is 0.127. The van der Waals surface area contributed by atoms with Gasteiger partial charge in [-0.3, -0.25) is 0 Å². The third-order valence-electron chi connectivity index (χ3n) is 3.59. The van der Waals surface area contributed by atoms with Crippen molar-refractivity contribution < 1.29 is 14.6 Å². The van der Waals surface area contributed by atoms with Gasteiger partial charge in [-0.1, -0.05) is 24.3 Å². The van der Waals surface area contributed by atoms with Crippen LogP contribution in [0, 0.1) is 0 Å². The molecule has 0 bridgehead atoms. The number of carboxylic acid groups (broad SMARTS) is 1. The third-order valence-corrected chi connectivity index (χ3v) is 3.59. The number of hydrogen-bond donors (Lipinski definition) is 1. The van der Waals surface area contributed by atoms with Gasteiger partial charge in [0.2, 0.25) is 0 Å². The number of hydrogen-bond acceptors (Lipinski definition) is 2. The number of carbonyl (C=O) groups is 1. The Morgan fingerprint density at radius 2 is 2.15 bits per heavy atom. The van der Waals surface area contributed by atoms with Gasteiger partial charge in [-0.15, -0.1) is 0 Å². The van der Waals surface area contributed by atoms with Gasteiger partial charge < -0.3 is 9.84 Å². The van der Waals surface area contributed by atoms with Gasteiger partial charge in [-0.2, -0.15) is 0 Å². The molecule has 1 heterocycles. The lowest BCUT2D eigenvalue weighted by molar-refractivity contribution is 0.0697. The normalized spacial score (nSPS) is 14.7. The van der Waals surface area contributed by atoms with Crippen molar-refractivity contribution in [3.05, 3.63) is 59.4 Å². The average molecular weight is 268 g/mol. The maximum Gasteiger partial charge on any atom is 0.335 e. The first kappa shape index (κ1) is 12.7. The van der Waals surface area contributed by atoms with E-state index in [0.717, 1.165) is 42.4 Å². The molecule has 1 aliphatic heterocycles. The highest BCUT2D eigenvalue weighted by Gasteiger charge is 2.10. The van der Waals surface area contributed by atoms with Gasteiger partial charge in [-0.25, -0.2) is 4.79 Å². The Balaban J connectivity index is 1.99. The largest absolute Gasteiger partial charge is 0.498 e. The van der Waals surface area contributed by atoms with Crippen LogP contribution in [0.25, 0.3) is 10.8 Å². The minimum atomic E-state index is -0.893. The Kier molecular flexibility index (Phi) is 3.42. The summed E-state index contributed by atoms with van der Waals surface area (Å²) in [5.41, 5.74) is 1.50. The van der Waals surface area contributed by atoms with E-state index in [1.54, 1.807) is 12.1 Å². The summed E-state index contributed by atoms with van der Waals surface area (Å²) in [6.07, 6.45) is 5.07.